The number of fused-ring (bicyclic) bond motifs is 16. The van der Waals surface area contributed by atoms with Gasteiger partial charge in [0.25, 0.3) is 0 Å². The van der Waals surface area contributed by atoms with Crippen molar-refractivity contribution < 1.29 is 0 Å². The molecule has 4 aromatic heterocycles. The first-order valence-electron chi connectivity index (χ1n) is 33.7. The molecule has 0 aliphatic carbocycles. The Balaban J connectivity index is 0.849. The quantitative estimate of drug-likeness (QED) is 0.139. The molecule has 0 amide bonds. The number of benzene rings is 15. The van der Waals surface area contributed by atoms with Crippen molar-refractivity contribution in [1.29, 1.82) is 0 Å². The summed E-state index contributed by atoms with van der Waals surface area (Å²) >= 11 is 0. The van der Waals surface area contributed by atoms with Gasteiger partial charge in [-0.3, -0.25) is 0 Å². The van der Waals surface area contributed by atoms with Crippen LogP contribution in [0.5, 0.6) is 0 Å². The predicted octanol–water partition coefficient (Wildman–Crippen LogP) is 16.9. The molecule has 0 fully saturated rings. The van der Waals surface area contributed by atoms with E-state index >= 15 is 0 Å². The highest BCUT2D eigenvalue weighted by Gasteiger charge is 2.56. The molecule has 452 valence electrons. The van der Waals surface area contributed by atoms with Crippen molar-refractivity contribution in [2.75, 3.05) is 4.90 Å². The Bertz CT molecular complexity index is 6110. The Morgan fingerprint density at radius 1 is 0.175 bits per heavy atom. The summed E-state index contributed by atoms with van der Waals surface area (Å²) in [7, 11) is -6.61. The smallest absolute Gasteiger partial charge is 0.184 e. The molecule has 6 heterocycles. The molecule has 19 aromatic rings. The number of anilines is 3. The molecule has 21 rings (SSSR count). The molecule has 0 radical (unpaired) electrons. The second kappa shape index (κ2) is 20.6. The van der Waals surface area contributed by atoms with Gasteiger partial charge in [-0.25, -0.2) is 0 Å². The van der Waals surface area contributed by atoms with Crippen molar-refractivity contribution in [1.82, 2.24) is 18.3 Å². The summed E-state index contributed by atoms with van der Waals surface area (Å²) in [4.78, 5) is 2.70. The molecule has 1 atom stereocenters. The van der Waals surface area contributed by atoms with E-state index < -0.39 is 16.1 Å². The van der Waals surface area contributed by atoms with Crippen LogP contribution in [0.25, 0.3) is 110 Å². The lowest BCUT2D eigenvalue weighted by Crippen LogP contribution is -2.82. The highest BCUT2D eigenvalue weighted by Crippen LogP contribution is 2.45. The Hall–Kier alpha value is -12.3. The molecular formula is C90H59N5Si2. The fourth-order valence-corrected chi connectivity index (χ4v) is 28.3. The number of aromatic nitrogens is 4. The minimum atomic E-state index is -3.35. The van der Waals surface area contributed by atoms with E-state index in [1.54, 1.807) is 0 Å². The number of para-hydroxylation sites is 8. The first-order valence-corrected chi connectivity index (χ1v) is 37.7. The van der Waals surface area contributed by atoms with E-state index in [0.717, 1.165) is 33.8 Å². The number of hydrogen-bond donors (Lipinski definition) is 0. The van der Waals surface area contributed by atoms with Gasteiger partial charge < -0.3 is 23.2 Å². The van der Waals surface area contributed by atoms with E-state index in [0.29, 0.717) is 0 Å². The van der Waals surface area contributed by atoms with E-state index in [1.165, 1.54) is 135 Å². The Labute approximate surface area is 562 Å². The van der Waals surface area contributed by atoms with Crippen LogP contribution in [0.1, 0.15) is 0 Å². The summed E-state index contributed by atoms with van der Waals surface area (Å²) in [5.74, 6) is 0. The van der Waals surface area contributed by atoms with Gasteiger partial charge in [0.05, 0.1) is 44.1 Å². The molecule has 2 aliphatic rings. The number of hydrogen-bond acceptors (Lipinski definition) is 1. The molecule has 1 unspecified atom stereocenters. The normalized spacial score (nSPS) is 14.7. The lowest BCUT2D eigenvalue weighted by molar-refractivity contribution is 1.16. The van der Waals surface area contributed by atoms with Gasteiger partial charge in [-0.1, -0.05) is 249 Å². The first-order chi connectivity index (χ1) is 48.2. The number of rotatable bonds is 8. The SMILES string of the molecule is c1ccc([Si]2(c3cccc(-n4c5ccccc5c5ccccc54)c3)c3ccccc3N3c4ccc(-n5c6ccc(-n7c8ccccc8c8ccccc87)cc6c6cc(-n7c8ccccc8c8ccccc87)ccc65)cc4[Si](c4ccccc4)(c4ccccc4)c4cccc2c43)cc1. The van der Waals surface area contributed by atoms with Gasteiger partial charge in [-0.15, -0.1) is 0 Å². The summed E-state index contributed by atoms with van der Waals surface area (Å²) in [6, 6.07) is 136. The van der Waals surface area contributed by atoms with Crippen molar-refractivity contribution in [2.24, 2.45) is 0 Å². The van der Waals surface area contributed by atoms with E-state index in [4.69, 9.17) is 0 Å². The van der Waals surface area contributed by atoms with E-state index in [2.05, 4.69) is 381 Å². The van der Waals surface area contributed by atoms with Crippen molar-refractivity contribution >= 4 is 162 Å². The largest absolute Gasteiger partial charge is 0.311 e. The van der Waals surface area contributed by atoms with Crippen molar-refractivity contribution in [2.45, 2.75) is 0 Å². The molecule has 15 aromatic carbocycles. The maximum Gasteiger partial charge on any atom is 0.184 e. The standard InChI is InChI=1S/C90H59N5Si2/c1-4-27-64(28-5-1)96(65-29-6-2-7-30-65)87-48-25-49-88-90(87)95(84-46-22-23-47-86(84)97(88,66-31-8-3-9-32-66)67-33-24-26-60(56-67)91-76-40-16-10-34-68(76)69-35-11-17-41-77(69)91)85-55-52-63(59-89(85)96)94-82-53-50-61(92-78-42-18-12-36-70(78)71-37-13-19-43-79(71)92)57-74(82)75-58-62(51-54-83(75)94)93-80-44-20-14-38-72(80)73-39-15-21-45-81(73)93/h1-59H. The van der Waals surface area contributed by atoms with Gasteiger partial charge in [0.1, 0.15) is 0 Å². The fraction of sp³-hybridized carbons (Fsp3) is 0. The zero-order chi connectivity index (χ0) is 63.5. The highest BCUT2D eigenvalue weighted by molar-refractivity contribution is 7.24. The summed E-state index contributed by atoms with van der Waals surface area (Å²) in [6.45, 7) is 0. The fourth-order valence-electron chi connectivity index (χ4n) is 17.9. The highest BCUT2D eigenvalue weighted by atomic mass is 28.3. The molecule has 5 nitrogen and oxygen atoms in total. The monoisotopic (exact) mass is 1270 g/mol. The molecular weight excluding hydrogens is 1210 g/mol. The topological polar surface area (TPSA) is 23.0 Å². The Kier molecular flexibility index (Phi) is 11.5. The molecule has 0 saturated heterocycles. The summed E-state index contributed by atoms with van der Waals surface area (Å²) < 4.78 is 9.98. The van der Waals surface area contributed by atoms with Crippen molar-refractivity contribution in [3.8, 4) is 22.7 Å². The minimum Gasteiger partial charge on any atom is -0.311 e. The van der Waals surface area contributed by atoms with Crippen LogP contribution in [-0.2, 0) is 0 Å². The lowest BCUT2D eigenvalue weighted by atomic mass is 10.1. The lowest BCUT2D eigenvalue weighted by Gasteiger charge is -2.52. The Morgan fingerprint density at radius 2 is 0.474 bits per heavy atom. The molecule has 0 spiro atoms. The average Bonchev–Trinajstić information content (AvgIpc) is 1.57. The predicted molar refractivity (Wildman–Crippen MR) is 413 cm³/mol. The van der Waals surface area contributed by atoms with Crippen LogP contribution >= 0.6 is 0 Å². The maximum atomic E-state index is 2.70. The first kappa shape index (κ1) is 54.2. The minimum absolute atomic E-state index is 1.12. The van der Waals surface area contributed by atoms with Crippen LogP contribution < -0.4 is 46.4 Å². The van der Waals surface area contributed by atoms with Crippen LogP contribution in [0.15, 0.2) is 358 Å². The Morgan fingerprint density at radius 3 is 0.907 bits per heavy atom. The van der Waals surface area contributed by atoms with Gasteiger partial charge in [0.2, 0.25) is 0 Å². The van der Waals surface area contributed by atoms with Crippen molar-refractivity contribution in [3.05, 3.63) is 358 Å². The second-order valence-electron chi connectivity index (χ2n) is 26.3. The molecule has 0 saturated carbocycles. The molecule has 2 aliphatic heterocycles. The zero-order valence-corrected chi connectivity index (χ0v) is 54.8. The third-order valence-electron chi connectivity index (χ3n) is 21.6. The molecule has 97 heavy (non-hydrogen) atoms. The second-order valence-corrected chi connectivity index (χ2v) is 33.7. The summed E-state index contributed by atoms with van der Waals surface area (Å²) in [5, 5.41) is 20.8. The third-order valence-corrected chi connectivity index (χ3v) is 31.3. The summed E-state index contributed by atoms with van der Waals surface area (Å²) in [6.07, 6.45) is 0. The van der Waals surface area contributed by atoms with Crippen LogP contribution in [0.2, 0.25) is 0 Å². The molecule has 0 N–H and O–H groups in total. The van der Waals surface area contributed by atoms with Crippen molar-refractivity contribution in [3.63, 3.8) is 0 Å². The molecule has 7 heteroatoms. The van der Waals surface area contributed by atoms with Gasteiger partial charge in [0, 0.05) is 82.9 Å². The van der Waals surface area contributed by atoms with Crippen LogP contribution in [0.3, 0.4) is 0 Å². The van der Waals surface area contributed by atoms with Gasteiger partial charge in [-0.05, 0) is 151 Å². The summed E-state index contributed by atoms with van der Waals surface area (Å²) in [5.41, 5.74) is 17.7. The number of nitrogens with zero attached hydrogens (tertiary/aromatic N) is 5. The van der Waals surface area contributed by atoms with Crippen LogP contribution in [0.4, 0.5) is 17.1 Å². The zero-order valence-electron chi connectivity index (χ0n) is 52.8. The third kappa shape index (κ3) is 7.36. The molecule has 0 bridgehead atoms. The maximum absolute atomic E-state index is 3.35. The van der Waals surface area contributed by atoms with Crippen LogP contribution in [-0.4, -0.2) is 34.4 Å². The van der Waals surface area contributed by atoms with Gasteiger partial charge in [-0.2, -0.15) is 0 Å². The van der Waals surface area contributed by atoms with Gasteiger partial charge >= 0.3 is 0 Å². The average molecular weight is 1270 g/mol. The van der Waals surface area contributed by atoms with E-state index in [1.807, 2.05) is 0 Å². The van der Waals surface area contributed by atoms with Gasteiger partial charge in [0.15, 0.2) is 16.1 Å². The van der Waals surface area contributed by atoms with E-state index in [-0.39, 0.29) is 0 Å². The van der Waals surface area contributed by atoms with Crippen LogP contribution in [0, 0.1) is 0 Å². The van der Waals surface area contributed by atoms with E-state index in [9.17, 15) is 0 Å².